The third-order valence-electron chi connectivity index (χ3n) is 4.15. The molecule has 0 aromatic heterocycles. The first-order chi connectivity index (χ1) is 15.0. The van der Waals surface area contributed by atoms with Crippen LogP contribution in [0.1, 0.15) is 30.9 Å². The van der Waals surface area contributed by atoms with Crippen LogP contribution in [0.3, 0.4) is 0 Å². The number of hydrogen-bond donors (Lipinski definition) is 1. The number of hydrogen-bond acceptors (Lipinski definition) is 6. The number of esters is 1. The maximum Gasteiger partial charge on any atom is 0.336 e. The standard InChI is InChI=1S/C24H24N2O5/c1-3-4-13-30-20-9-5-17(6-10-20)8-12-23(27)31-21-11-7-18(15-22(21)29-2)14-19(16-25)24(26)28/h5-12,14-15H,3-4,13H2,1-2H3,(H2,26,28)/b12-8+,19-14+. The average Bonchev–Trinajstić information content (AvgIpc) is 2.77. The number of carbonyl (C=O) groups excluding carboxylic acids is 2. The topological polar surface area (TPSA) is 112 Å². The molecule has 0 saturated carbocycles. The van der Waals surface area contributed by atoms with E-state index < -0.39 is 11.9 Å². The zero-order valence-corrected chi connectivity index (χ0v) is 17.5. The molecule has 0 atom stereocenters. The van der Waals surface area contributed by atoms with Gasteiger partial charge in [0, 0.05) is 6.08 Å². The highest BCUT2D eigenvalue weighted by molar-refractivity contribution is 6.00. The maximum absolute atomic E-state index is 12.2. The van der Waals surface area contributed by atoms with Gasteiger partial charge in [-0.2, -0.15) is 5.26 Å². The molecule has 2 N–H and O–H groups in total. The number of nitriles is 1. The highest BCUT2D eigenvalue weighted by atomic mass is 16.6. The van der Waals surface area contributed by atoms with Gasteiger partial charge in [0.2, 0.25) is 0 Å². The lowest BCUT2D eigenvalue weighted by Gasteiger charge is -2.09. The molecule has 1 amide bonds. The fourth-order valence-electron chi connectivity index (χ4n) is 2.50. The summed E-state index contributed by atoms with van der Waals surface area (Å²) >= 11 is 0. The van der Waals surface area contributed by atoms with Crippen LogP contribution < -0.4 is 19.9 Å². The number of primary amides is 1. The number of benzene rings is 2. The molecule has 0 radical (unpaired) electrons. The molecule has 160 valence electrons. The van der Waals surface area contributed by atoms with Crippen molar-refractivity contribution in [3.63, 3.8) is 0 Å². The predicted octanol–water partition coefficient (Wildman–Crippen LogP) is 3.89. The molecular formula is C24H24N2O5. The highest BCUT2D eigenvalue weighted by Gasteiger charge is 2.10. The van der Waals surface area contributed by atoms with E-state index in [1.165, 1.54) is 31.4 Å². The number of ether oxygens (including phenoxy) is 3. The molecule has 0 aliphatic carbocycles. The highest BCUT2D eigenvalue weighted by Crippen LogP contribution is 2.29. The van der Waals surface area contributed by atoms with Gasteiger partial charge < -0.3 is 19.9 Å². The molecule has 0 saturated heterocycles. The van der Waals surface area contributed by atoms with Crippen LogP contribution in [-0.2, 0) is 9.59 Å². The second-order valence-electron chi connectivity index (χ2n) is 6.47. The first-order valence-corrected chi connectivity index (χ1v) is 9.69. The van der Waals surface area contributed by atoms with E-state index in [9.17, 15) is 9.59 Å². The summed E-state index contributed by atoms with van der Waals surface area (Å²) in [6, 6.07) is 13.7. The summed E-state index contributed by atoms with van der Waals surface area (Å²) in [5.41, 5.74) is 6.26. The average molecular weight is 420 g/mol. The molecule has 31 heavy (non-hydrogen) atoms. The largest absolute Gasteiger partial charge is 0.494 e. The van der Waals surface area contributed by atoms with Gasteiger partial charge in [-0.05, 0) is 54.0 Å². The Morgan fingerprint density at radius 1 is 1.10 bits per heavy atom. The number of methoxy groups -OCH3 is 1. The van der Waals surface area contributed by atoms with E-state index in [1.54, 1.807) is 18.2 Å². The SMILES string of the molecule is CCCCOc1ccc(/C=C/C(=O)Oc2ccc(/C=C(\C#N)C(N)=O)cc2OC)cc1. The Bertz CT molecular complexity index is 1020. The minimum atomic E-state index is -0.831. The Labute approximate surface area is 181 Å². The van der Waals surface area contributed by atoms with Crippen LogP contribution in [0.15, 0.2) is 54.1 Å². The molecule has 0 aliphatic rings. The van der Waals surface area contributed by atoms with E-state index in [1.807, 2.05) is 24.3 Å². The second-order valence-corrected chi connectivity index (χ2v) is 6.47. The van der Waals surface area contributed by atoms with E-state index in [0.717, 1.165) is 24.2 Å². The molecule has 7 heteroatoms. The first-order valence-electron chi connectivity index (χ1n) is 9.69. The monoisotopic (exact) mass is 420 g/mol. The van der Waals surface area contributed by atoms with Gasteiger partial charge in [-0.15, -0.1) is 0 Å². The van der Waals surface area contributed by atoms with Crippen LogP contribution in [0, 0.1) is 11.3 Å². The van der Waals surface area contributed by atoms with Crippen molar-refractivity contribution in [1.82, 2.24) is 0 Å². The summed E-state index contributed by atoms with van der Waals surface area (Å²) in [6.45, 7) is 2.78. The summed E-state index contributed by atoms with van der Waals surface area (Å²) in [6.07, 6.45) is 6.33. The number of nitrogens with two attached hydrogens (primary N) is 1. The summed E-state index contributed by atoms with van der Waals surface area (Å²) < 4.78 is 16.2. The molecule has 0 unspecified atom stereocenters. The predicted molar refractivity (Wildman–Crippen MR) is 117 cm³/mol. The number of rotatable bonds is 10. The van der Waals surface area contributed by atoms with Crippen LogP contribution in [0.25, 0.3) is 12.2 Å². The van der Waals surface area contributed by atoms with Crippen molar-refractivity contribution < 1.29 is 23.8 Å². The summed E-state index contributed by atoms with van der Waals surface area (Å²) in [4.78, 5) is 23.4. The quantitative estimate of drug-likeness (QED) is 0.205. The van der Waals surface area contributed by atoms with Gasteiger partial charge in [0.1, 0.15) is 17.4 Å². The molecule has 2 rings (SSSR count). The second kappa shape index (κ2) is 11.8. The van der Waals surface area contributed by atoms with Crippen LogP contribution >= 0.6 is 0 Å². The lowest BCUT2D eigenvalue weighted by atomic mass is 10.1. The molecule has 0 aliphatic heterocycles. The Kier molecular flexibility index (Phi) is 8.87. The number of amides is 1. The van der Waals surface area contributed by atoms with Crippen molar-refractivity contribution in [3.8, 4) is 23.3 Å². The minimum Gasteiger partial charge on any atom is -0.494 e. The lowest BCUT2D eigenvalue weighted by molar-refractivity contribution is -0.129. The first kappa shape index (κ1) is 23.2. The smallest absolute Gasteiger partial charge is 0.336 e. The Morgan fingerprint density at radius 2 is 1.81 bits per heavy atom. The van der Waals surface area contributed by atoms with Gasteiger partial charge in [0.15, 0.2) is 11.5 Å². The van der Waals surface area contributed by atoms with Crippen molar-refractivity contribution in [3.05, 3.63) is 65.2 Å². The van der Waals surface area contributed by atoms with Crippen molar-refractivity contribution in [2.24, 2.45) is 5.73 Å². The molecular weight excluding hydrogens is 396 g/mol. The van der Waals surface area contributed by atoms with E-state index in [-0.39, 0.29) is 17.1 Å². The lowest BCUT2D eigenvalue weighted by Crippen LogP contribution is -2.12. The van der Waals surface area contributed by atoms with E-state index >= 15 is 0 Å². The molecule has 0 heterocycles. The minimum absolute atomic E-state index is 0.198. The molecule has 0 spiro atoms. The number of carbonyl (C=O) groups is 2. The number of unbranched alkanes of at least 4 members (excludes halogenated alkanes) is 1. The van der Waals surface area contributed by atoms with Crippen molar-refractivity contribution in [1.29, 1.82) is 5.26 Å². The van der Waals surface area contributed by atoms with Crippen LogP contribution in [0.5, 0.6) is 17.2 Å². The van der Waals surface area contributed by atoms with Gasteiger partial charge >= 0.3 is 5.97 Å². The van der Waals surface area contributed by atoms with E-state index in [2.05, 4.69) is 6.92 Å². The van der Waals surface area contributed by atoms with Gasteiger partial charge in [-0.3, -0.25) is 4.79 Å². The Hall–Kier alpha value is -4.05. The van der Waals surface area contributed by atoms with E-state index in [4.69, 9.17) is 25.2 Å². The molecule has 7 nitrogen and oxygen atoms in total. The Balaban J connectivity index is 2.04. The van der Waals surface area contributed by atoms with Crippen LogP contribution in [0.4, 0.5) is 0 Å². The fraction of sp³-hybridized carbons (Fsp3) is 0.208. The Morgan fingerprint density at radius 3 is 2.42 bits per heavy atom. The number of nitrogens with zero attached hydrogens (tertiary/aromatic N) is 1. The zero-order valence-electron chi connectivity index (χ0n) is 17.5. The zero-order chi connectivity index (χ0) is 22.6. The van der Waals surface area contributed by atoms with Crippen molar-refractivity contribution in [2.75, 3.05) is 13.7 Å². The third-order valence-corrected chi connectivity index (χ3v) is 4.15. The molecule has 2 aromatic carbocycles. The van der Waals surface area contributed by atoms with Gasteiger partial charge in [0.05, 0.1) is 13.7 Å². The summed E-state index contributed by atoms with van der Waals surface area (Å²) in [5.74, 6) is -0.164. The maximum atomic E-state index is 12.2. The van der Waals surface area contributed by atoms with Gasteiger partial charge in [-0.25, -0.2) is 4.79 Å². The van der Waals surface area contributed by atoms with Crippen LogP contribution in [0.2, 0.25) is 0 Å². The molecule has 0 bridgehead atoms. The molecule has 2 aromatic rings. The van der Waals surface area contributed by atoms with Crippen molar-refractivity contribution in [2.45, 2.75) is 19.8 Å². The normalized spacial score (nSPS) is 11.1. The third kappa shape index (κ3) is 7.37. The summed E-state index contributed by atoms with van der Waals surface area (Å²) in [7, 11) is 1.42. The van der Waals surface area contributed by atoms with Crippen LogP contribution in [-0.4, -0.2) is 25.6 Å². The van der Waals surface area contributed by atoms with Gasteiger partial charge in [-0.1, -0.05) is 31.5 Å². The van der Waals surface area contributed by atoms with E-state index in [0.29, 0.717) is 12.2 Å². The fourth-order valence-corrected chi connectivity index (χ4v) is 2.50. The van der Waals surface area contributed by atoms with Crippen molar-refractivity contribution >= 4 is 24.0 Å². The van der Waals surface area contributed by atoms with Gasteiger partial charge in [0.25, 0.3) is 5.91 Å². The molecule has 0 fully saturated rings. The summed E-state index contributed by atoms with van der Waals surface area (Å²) in [5, 5.41) is 8.94.